The Morgan fingerprint density at radius 3 is 1.70 bits per heavy atom. The fraction of sp³-hybridized carbons (Fsp3) is 0.294. The second kappa shape index (κ2) is 16.1. The summed E-state index contributed by atoms with van der Waals surface area (Å²) < 4.78 is 129. The number of carbonyl (C=O) groups is 2. The predicted molar refractivity (Wildman–Crippen MR) is 183 cm³/mol. The van der Waals surface area contributed by atoms with Crippen LogP contribution in [0, 0.1) is 13.8 Å². The normalized spacial score (nSPS) is 16.3. The third-order valence-corrected chi connectivity index (χ3v) is 7.77. The van der Waals surface area contributed by atoms with Crippen molar-refractivity contribution < 1.29 is 53.5 Å². The van der Waals surface area contributed by atoms with Gasteiger partial charge in [0.2, 0.25) is 11.8 Å². The van der Waals surface area contributed by atoms with E-state index in [4.69, 9.17) is 0 Å². The summed E-state index contributed by atoms with van der Waals surface area (Å²) in [7, 11) is 0. The van der Waals surface area contributed by atoms with Gasteiger partial charge in [-0.1, -0.05) is 22.6 Å². The molecule has 284 valence electrons. The van der Waals surface area contributed by atoms with E-state index in [1.165, 1.54) is 39.5 Å². The molecule has 2 aliphatic heterocycles. The fourth-order valence-corrected chi connectivity index (χ4v) is 5.24. The van der Waals surface area contributed by atoms with Gasteiger partial charge in [-0.15, -0.1) is 0 Å². The van der Waals surface area contributed by atoms with Gasteiger partial charge < -0.3 is 9.80 Å². The van der Waals surface area contributed by atoms with Crippen molar-refractivity contribution >= 4 is 40.6 Å². The Bertz CT molecular complexity index is 1950. The van der Waals surface area contributed by atoms with Gasteiger partial charge in [-0.2, -0.15) is 36.5 Å². The maximum absolute atomic E-state index is 12.9. The molecule has 53 heavy (non-hydrogen) atoms. The smallest absolute Gasteiger partial charge is 0.327 e. The van der Waals surface area contributed by atoms with Crippen molar-refractivity contribution in [2.24, 2.45) is 0 Å². The Balaban J connectivity index is 0.000000197. The van der Waals surface area contributed by atoms with Gasteiger partial charge in [-0.3, -0.25) is 14.7 Å². The number of carbonyl (C=O) groups excluding carboxylic acids is 2. The number of H-pyrrole nitrogens is 1. The van der Waals surface area contributed by atoms with Crippen LogP contribution in [0.3, 0.4) is 0 Å². The Kier molecular flexibility index (Phi) is 12.5. The Morgan fingerprint density at radius 1 is 0.755 bits per heavy atom. The summed E-state index contributed by atoms with van der Waals surface area (Å²) in [5, 5.41) is 10.4. The fourth-order valence-electron chi connectivity index (χ4n) is 4.93. The summed E-state index contributed by atoms with van der Waals surface area (Å²) >= 11 is 1.87. The van der Waals surface area contributed by atoms with Crippen molar-refractivity contribution in [1.82, 2.24) is 29.8 Å². The number of alkyl halides is 10. The van der Waals surface area contributed by atoms with Crippen LogP contribution in [-0.2, 0) is 21.9 Å². The molecule has 0 unspecified atom stereocenters. The predicted octanol–water partition coefficient (Wildman–Crippen LogP) is 8.64. The molecule has 4 aromatic rings. The number of amides is 2. The monoisotopic (exact) mass is 870 g/mol. The molecule has 8 nitrogen and oxygen atoms in total. The van der Waals surface area contributed by atoms with Crippen LogP contribution in [0.2, 0.25) is 0 Å². The van der Waals surface area contributed by atoms with Crippen molar-refractivity contribution in [2.45, 2.75) is 38.0 Å². The first-order valence-corrected chi connectivity index (χ1v) is 16.5. The quantitative estimate of drug-likeness (QED) is 0.124. The van der Waals surface area contributed by atoms with E-state index >= 15 is 0 Å². The molecule has 2 saturated heterocycles. The standard InChI is InChI=1S/C17H14F5N3O.C11H9F3N2.C6H6F2INO/c1-11-6-12(8-13(7-11)17(20,21)22)14-2-4-25(23-14)5-3-15(26)24-9-16(18,19)10-24;1-7-4-8(10-2-3-15-16-10)6-9(5-7)11(12,13)14;7-6(8)3-10(4-6)5(11)1-2-9/h2-8H,9-10H2,1H3;2-6H,1H3,(H,15,16);1-2H,3-4H2/b5-3-;;2-1-. The molecule has 0 bridgehead atoms. The molecule has 6 rings (SSSR count). The third kappa shape index (κ3) is 11.6. The number of likely N-dealkylation sites (tertiary alicyclic amines) is 2. The highest BCUT2D eigenvalue weighted by Gasteiger charge is 2.46. The molecule has 19 heteroatoms. The van der Waals surface area contributed by atoms with E-state index in [1.54, 1.807) is 32.0 Å². The number of halogens is 11. The Labute approximate surface area is 309 Å². The SMILES string of the molecule is Cc1cc(-c2ccn(/C=C\C(=O)N3CC(F)(F)C3)n2)cc(C(F)(F)F)c1.Cc1cc(-c2ccn[nH]2)cc(C(F)(F)F)c1.O=C(/C=C\I)N1CC(F)(F)C1. The van der Waals surface area contributed by atoms with Crippen LogP contribution in [0.5, 0.6) is 0 Å². The summed E-state index contributed by atoms with van der Waals surface area (Å²) in [4.78, 5) is 24.6. The Hall–Kier alpha value is -4.69. The van der Waals surface area contributed by atoms with Crippen LogP contribution in [-0.4, -0.2) is 79.6 Å². The molecule has 0 saturated carbocycles. The lowest BCUT2D eigenvalue weighted by atomic mass is 10.0. The van der Waals surface area contributed by atoms with Gasteiger partial charge in [0.05, 0.1) is 48.7 Å². The van der Waals surface area contributed by atoms with Gasteiger partial charge in [0.25, 0.3) is 11.8 Å². The first-order chi connectivity index (χ1) is 24.5. The molecule has 2 amide bonds. The van der Waals surface area contributed by atoms with E-state index in [-0.39, 0.29) is 11.5 Å². The number of aryl methyl sites for hydroxylation is 2. The minimum Gasteiger partial charge on any atom is -0.327 e. The molecule has 1 N–H and O–H groups in total. The Morgan fingerprint density at radius 2 is 1.25 bits per heavy atom. The van der Waals surface area contributed by atoms with Crippen LogP contribution in [0.4, 0.5) is 43.9 Å². The van der Waals surface area contributed by atoms with Crippen LogP contribution < -0.4 is 0 Å². The van der Waals surface area contributed by atoms with Gasteiger partial charge in [0.15, 0.2) is 0 Å². The number of hydrogen-bond acceptors (Lipinski definition) is 4. The molecule has 0 radical (unpaired) electrons. The zero-order valence-corrected chi connectivity index (χ0v) is 29.8. The molecule has 2 aromatic carbocycles. The summed E-state index contributed by atoms with van der Waals surface area (Å²) in [6.45, 7) is 1.07. The molecule has 2 aliphatic rings. The molecular weight excluding hydrogens is 841 g/mol. The summed E-state index contributed by atoms with van der Waals surface area (Å²) in [5.74, 6) is -6.42. The molecule has 4 heterocycles. The first-order valence-electron chi connectivity index (χ1n) is 15.3. The summed E-state index contributed by atoms with van der Waals surface area (Å²) in [5.41, 5.74) is 1.25. The van der Waals surface area contributed by atoms with Gasteiger partial charge in [-0.25, -0.2) is 22.2 Å². The highest BCUT2D eigenvalue weighted by molar-refractivity contribution is 14.1. The summed E-state index contributed by atoms with van der Waals surface area (Å²) in [6, 6.07) is 10.7. The average molecular weight is 871 g/mol. The van der Waals surface area contributed by atoms with Crippen molar-refractivity contribution in [3.05, 3.63) is 99.4 Å². The lowest BCUT2D eigenvalue weighted by Crippen LogP contribution is -2.58. The topological polar surface area (TPSA) is 87.1 Å². The average Bonchev–Trinajstić information content (AvgIpc) is 3.74. The number of hydrogen-bond donors (Lipinski definition) is 1. The van der Waals surface area contributed by atoms with Crippen molar-refractivity contribution in [2.75, 3.05) is 26.2 Å². The number of benzene rings is 2. The van der Waals surface area contributed by atoms with Gasteiger partial charge in [0.1, 0.15) is 0 Å². The highest BCUT2D eigenvalue weighted by atomic mass is 127. The van der Waals surface area contributed by atoms with E-state index in [1.807, 2.05) is 22.6 Å². The molecule has 0 spiro atoms. The lowest BCUT2D eigenvalue weighted by Gasteiger charge is -2.37. The highest BCUT2D eigenvalue weighted by Crippen LogP contribution is 2.34. The number of aromatic nitrogens is 4. The lowest BCUT2D eigenvalue weighted by molar-refractivity contribution is -0.160. The maximum atomic E-state index is 12.9. The number of nitrogens with one attached hydrogen (secondary N) is 1. The largest absolute Gasteiger partial charge is 0.416 e. The minimum atomic E-state index is -4.46. The van der Waals surface area contributed by atoms with E-state index in [0.29, 0.717) is 28.1 Å². The summed E-state index contributed by atoms with van der Waals surface area (Å²) in [6.07, 6.45) is -2.19. The van der Waals surface area contributed by atoms with Crippen molar-refractivity contribution in [3.63, 3.8) is 0 Å². The minimum absolute atomic E-state index is 0.290. The molecule has 0 aliphatic carbocycles. The van der Waals surface area contributed by atoms with E-state index in [2.05, 4.69) is 15.3 Å². The van der Waals surface area contributed by atoms with Gasteiger partial charge in [0, 0.05) is 41.9 Å². The molecule has 2 fully saturated rings. The zero-order chi connectivity index (χ0) is 39.4. The van der Waals surface area contributed by atoms with Gasteiger partial charge >= 0.3 is 12.4 Å². The molecule has 2 aromatic heterocycles. The van der Waals surface area contributed by atoms with Gasteiger partial charge in [-0.05, 0) is 77.6 Å². The van der Waals surface area contributed by atoms with Crippen LogP contribution in [0.1, 0.15) is 22.3 Å². The van der Waals surface area contributed by atoms with E-state index < -0.39 is 67.4 Å². The van der Waals surface area contributed by atoms with Crippen LogP contribution in [0.25, 0.3) is 28.7 Å². The van der Waals surface area contributed by atoms with Crippen LogP contribution >= 0.6 is 22.6 Å². The van der Waals surface area contributed by atoms with E-state index in [0.717, 1.165) is 40.1 Å². The van der Waals surface area contributed by atoms with Crippen molar-refractivity contribution in [1.29, 1.82) is 0 Å². The third-order valence-electron chi connectivity index (χ3n) is 7.41. The van der Waals surface area contributed by atoms with E-state index in [9.17, 15) is 53.5 Å². The number of aromatic amines is 1. The van der Waals surface area contributed by atoms with Crippen molar-refractivity contribution in [3.8, 4) is 22.5 Å². The molecular formula is C34H29F10IN6O2. The zero-order valence-electron chi connectivity index (χ0n) is 27.6. The second-order valence-electron chi connectivity index (χ2n) is 12.0. The van der Waals surface area contributed by atoms with Crippen LogP contribution in [0.15, 0.2) is 77.2 Å². The first kappa shape index (κ1) is 41.1. The maximum Gasteiger partial charge on any atom is 0.416 e. The number of rotatable bonds is 5. The number of nitrogens with zero attached hydrogens (tertiary/aromatic N) is 5. The second-order valence-corrected chi connectivity index (χ2v) is 12.8. The molecule has 0 atom stereocenters.